The third-order valence-corrected chi connectivity index (χ3v) is 4.71. The lowest BCUT2D eigenvalue weighted by Crippen LogP contribution is -2.43. The molecule has 1 unspecified atom stereocenters. The molecule has 1 aliphatic heterocycles. The lowest BCUT2D eigenvalue weighted by molar-refractivity contribution is 0.239. The van der Waals surface area contributed by atoms with Crippen LogP contribution in [-0.4, -0.2) is 29.6 Å². The molecule has 0 aromatic heterocycles. The Balaban J connectivity index is 1.47. The average molecular weight is 283 g/mol. The van der Waals surface area contributed by atoms with Crippen LogP contribution in [0, 0.1) is 11.3 Å². The Hall–Kier alpha value is -1.37. The summed E-state index contributed by atoms with van der Waals surface area (Å²) in [5.41, 5.74) is 2.64. The van der Waals surface area contributed by atoms with Crippen LogP contribution >= 0.6 is 0 Å². The number of nitrogens with zero attached hydrogens (tertiary/aromatic N) is 2. The fourth-order valence-electron chi connectivity index (χ4n) is 3.24. The maximum atomic E-state index is 9.40. The smallest absolute Gasteiger partial charge is 0.104 e. The molecule has 0 amide bonds. The van der Waals surface area contributed by atoms with E-state index in [1.165, 1.54) is 24.0 Å². The van der Waals surface area contributed by atoms with Crippen LogP contribution in [0.3, 0.4) is 0 Å². The molecule has 1 aromatic carbocycles. The van der Waals surface area contributed by atoms with Gasteiger partial charge in [-0.05, 0) is 56.7 Å². The van der Waals surface area contributed by atoms with E-state index < -0.39 is 0 Å². The van der Waals surface area contributed by atoms with Crippen molar-refractivity contribution in [2.45, 2.75) is 57.2 Å². The van der Waals surface area contributed by atoms with Crippen molar-refractivity contribution >= 4 is 0 Å². The predicted molar refractivity (Wildman–Crippen MR) is 84.8 cm³/mol. The second kappa shape index (κ2) is 6.17. The van der Waals surface area contributed by atoms with E-state index in [-0.39, 0.29) is 5.54 Å². The lowest BCUT2D eigenvalue weighted by Gasteiger charge is -2.30. The quantitative estimate of drug-likeness (QED) is 0.872. The number of hydrogen-bond donors (Lipinski definition) is 1. The molecule has 112 valence electrons. The van der Waals surface area contributed by atoms with E-state index in [9.17, 15) is 5.26 Å². The number of nitrogens with one attached hydrogen (secondary N) is 1. The van der Waals surface area contributed by atoms with Crippen LogP contribution in [0.5, 0.6) is 0 Å². The minimum Gasteiger partial charge on any atom is -0.299 e. The van der Waals surface area contributed by atoms with E-state index in [0.29, 0.717) is 6.04 Å². The van der Waals surface area contributed by atoms with Crippen LogP contribution in [0.25, 0.3) is 0 Å². The largest absolute Gasteiger partial charge is 0.299 e. The summed E-state index contributed by atoms with van der Waals surface area (Å²) in [7, 11) is 0. The summed E-state index contributed by atoms with van der Waals surface area (Å²) in [6, 6.07) is 11.8. The number of benzene rings is 1. The van der Waals surface area contributed by atoms with Crippen molar-refractivity contribution in [3.05, 3.63) is 35.4 Å². The molecule has 21 heavy (non-hydrogen) atoms. The zero-order chi connectivity index (χ0) is 14.7. The van der Waals surface area contributed by atoms with Crippen LogP contribution < -0.4 is 5.32 Å². The molecule has 2 aliphatic rings. The topological polar surface area (TPSA) is 39.1 Å². The minimum atomic E-state index is -0.338. The van der Waals surface area contributed by atoms with Gasteiger partial charge in [0.15, 0.2) is 0 Å². The zero-order valence-corrected chi connectivity index (χ0v) is 12.9. The van der Waals surface area contributed by atoms with Gasteiger partial charge >= 0.3 is 0 Å². The van der Waals surface area contributed by atoms with Gasteiger partial charge in [0.1, 0.15) is 5.54 Å². The van der Waals surface area contributed by atoms with E-state index in [0.717, 1.165) is 38.9 Å². The Labute approximate surface area is 128 Å². The van der Waals surface area contributed by atoms with Crippen LogP contribution in [0.4, 0.5) is 0 Å². The maximum Gasteiger partial charge on any atom is 0.104 e. The van der Waals surface area contributed by atoms with Gasteiger partial charge in [0.05, 0.1) is 6.07 Å². The van der Waals surface area contributed by atoms with Crippen molar-refractivity contribution in [2.75, 3.05) is 13.1 Å². The van der Waals surface area contributed by atoms with Gasteiger partial charge < -0.3 is 0 Å². The van der Waals surface area contributed by atoms with Crippen molar-refractivity contribution in [3.8, 4) is 6.07 Å². The summed E-state index contributed by atoms with van der Waals surface area (Å²) in [6.45, 7) is 5.36. The Morgan fingerprint density at radius 2 is 2.10 bits per heavy atom. The fraction of sp³-hybridized carbons (Fsp3) is 0.611. The third-order valence-electron chi connectivity index (χ3n) is 4.71. The summed E-state index contributed by atoms with van der Waals surface area (Å²) >= 11 is 0. The molecule has 0 bridgehead atoms. The van der Waals surface area contributed by atoms with Gasteiger partial charge in [0.2, 0.25) is 0 Å². The summed E-state index contributed by atoms with van der Waals surface area (Å²) < 4.78 is 0. The van der Waals surface area contributed by atoms with E-state index in [4.69, 9.17) is 0 Å². The molecular weight excluding hydrogens is 258 g/mol. The van der Waals surface area contributed by atoms with Crippen molar-refractivity contribution in [1.82, 2.24) is 10.2 Å². The van der Waals surface area contributed by atoms with Gasteiger partial charge in [-0.2, -0.15) is 5.26 Å². The maximum absolute atomic E-state index is 9.40. The molecular formula is C18H25N3. The SMILES string of the molecule is CC(C#N)(CCCN1CCc2ccccc2C1)NC1CC1. The molecule has 1 heterocycles. The average Bonchev–Trinajstić information content (AvgIpc) is 3.31. The molecule has 1 atom stereocenters. The molecule has 1 N–H and O–H groups in total. The molecule has 1 saturated carbocycles. The second-order valence-corrected chi connectivity index (χ2v) is 6.76. The summed E-state index contributed by atoms with van der Waals surface area (Å²) in [4.78, 5) is 2.53. The van der Waals surface area contributed by atoms with E-state index in [2.05, 4.69) is 47.5 Å². The molecule has 0 spiro atoms. The standard InChI is InChI=1S/C18H25N3/c1-18(14-19,20-17-7-8-17)10-4-11-21-12-9-15-5-2-3-6-16(15)13-21/h2-3,5-6,17,20H,4,7-13H2,1H3. The summed E-state index contributed by atoms with van der Waals surface area (Å²) in [5, 5.41) is 12.9. The lowest BCUT2D eigenvalue weighted by atomic mass is 9.96. The zero-order valence-electron chi connectivity index (χ0n) is 12.9. The predicted octanol–water partition coefficient (Wildman–Crippen LogP) is 2.86. The highest BCUT2D eigenvalue weighted by Gasteiger charge is 2.32. The molecule has 0 radical (unpaired) electrons. The van der Waals surface area contributed by atoms with E-state index in [1.54, 1.807) is 0 Å². The van der Waals surface area contributed by atoms with Crippen molar-refractivity contribution < 1.29 is 0 Å². The van der Waals surface area contributed by atoms with Gasteiger partial charge in [0.25, 0.3) is 0 Å². The normalized spacial score (nSPS) is 21.3. The van der Waals surface area contributed by atoms with Gasteiger partial charge in [-0.15, -0.1) is 0 Å². The first kappa shape index (κ1) is 14.6. The second-order valence-electron chi connectivity index (χ2n) is 6.76. The highest BCUT2D eigenvalue weighted by atomic mass is 15.1. The molecule has 3 rings (SSSR count). The Kier molecular flexibility index (Phi) is 4.28. The van der Waals surface area contributed by atoms with Crippen LogP contribution in [0.2, 0.25) is 0 Å². The number of nitriles is 1. The summed E-state index contributed by atoms with van der Waals surface area (Å²) in [5.74, 6) is 0. The first-order valence-corrected chi connectivity index (χ1v) is 8.17. The molecule has 1 fully saturated rings. The molecule has 1 aliphatic carbocycles. The first-order valence-electron chi connectivity index (χ1n) is 8.17. The van der Waals surface area contributed by atoms with E-state index >= 15 is 0 Å². The van der Waals surface area contributed by atoms with E-state index in [1.807, 2.05) is 0 Å². The van der Waals surface area contributed by atoms with Crippen molar-refractivity contribution in [2.24, 2.45) is 0 Å². The van der Waals surface area contributed by atoms with Gasteiger partial charge in [-0.25, -0.2) is 0 Å². The number of fused-ring (bicyclic) bond motifs is 1. The minimum absolute atomic E-state index is 0.338. The number of rotatable bonds is 6. The van der Waals surface area contributed by atoms with Gasteiger partial charge in [-0.3, -0.25) is 10.2 Å². The van der Waals surface area contributed by atoms with Crippen LogP contribution in [-0.2, 0) is 13.0 Å². The summed E-state index contributed by atoms with van der Waals surface area (Å²) in [6.07, 6.45) is 5.66. The van der Waals surface area contributed by atoms with Crippen molar-refractivity contribution in [3.63, 3.8) is 0 Å². The Morgan fingerprint density at radius 1 is 1.33 bits per heavy atom. The fourth-order valence-corrected chi connectivity index (χ4v) is 3.24. The third kappa shape index (κ3) is 3.84. The molecule has 3 nitrogen and oxygen atoms in total. The highest BCUT2D eigenvalue weighted by molar-refractivity contribution is 5.29. The van der Waals surface area contributed by atoms with Crippen LogP contribution in [0.1, 0.15) is 43.7 Å². The van der Waals surface area contributed by atoms with Crippen molar-refractivity contribution in [1.29, 1.82) is 5.26 Å². The Bertz CT molecular complexity index is 530. The highest BCUT2D eigenvalue weighted by Crippen LogP contribution is 2.25. The molecule has 3 heteroatoms. The number of hydrogen-bond acceptors (Lipinski definition) is 3. The monoisotopic (exact) mass is 283 g/mol. The molecule has 0 saturated heterocycles. The van der Waals surface area contributed by atoms with Gasteiger partial charge in [0, 0.05) is 19.1 Å². The van der Waals surface area contributed by atoms with Gasteiger partial charge in [-0.1, -0.05) is 24.3 Å². The Morgan fingerprint density at radius 3 is 2.81 bits per heavy atom. The molecule has 1 aromatic rings. The van der Waals surface area contributed by atoms with Crippen LogP contribution in [0.15, 0.2) is 24.3 Å². The first-order chi connectivity index (χ1) is 10.2.